The van der Waals surface area contributed by atoms with Gasteiger partial charge in [0, 0.05) is 49.7 Å². The molecule has 1 aromatic heterocycles. The second kappa shape index (κ2) is 15.0. The summed E-state index contributed by atoms with van der Waals surface area (Å²) in [5.74, 6) is 0. The fourth-order valence-electron chi connectivity index (χ4n) is 2.52. The summed E-state index contributed by atoms with van der Waals surface area (Å²) >= 11 is 0. The zero-order valence-electron chi connectivity index (χ0n) is 15.7. The van der Waals surface area contributed by atoms with Gasteiger partial charge in [0.25, 0.3) is 0 Å². The lowest BCUT2D eigenvalue weighted by Crippen LogP contribution is -1.98. The van der Waals surface area contributed by atoms with Crippen LogP contribution in [0.4, 0.5) is 0 Å². The summed E-state index contributed by atoms with van der Waals surface area (Å²) in [6, 6.07) is 6.24. The highest BCUT2D eigenvalue weighted by molar-refractivity contribution is 5.62. The molecule has 0 aliphatic carbocycles. The topological polar surface area (TPSA) is 37.6 Å². The molecule has 0 aliphatic heterocycles. The van der Waals surface area contributed by atoms with Crippen molar-refractivity contribution in [3.05, 3.63) is 29.6 Å². The predicted molar refractivity (Wildman–Crippen MR) is 107 cm³/mol. The van der Waals surface area contributed by atoms with Gasteiger partial charge in [-0.1, -0.05) is 58.4 Å². The summed E-state index contributed by atoms with van der Waals surface area (Å²) in [5.41, 5.74) is 2.20. The van der Waals surface area contributed by atoms with Crippen LogP contribution in [-0.2, 0) is 12.8 Å². The molecule has 0 aliphatic rings. The predicted octanol–water partition coefficient (Wildman–Crippen LogP) is 5.47. The Morgan fingerprint density at radius 1 is 0.750 bits per heavy atom. The minimum atomic E-state index is 0.829. The van der Waals surface area contributed by atoms with Crippen molar-refractivity contribution in [3.63, 3.8) is 0 Å². The molecule has 0 unspecified atom stereocenters. The number of hydrogen-bond acceptors (Lipinski definition) is 3. The van der Waals surface area contributed by atoms with Crippen LogP contribution < -0.4 is 0 Å². The van der Waals surface area contributed by atoms with Gasteiger partial charge in [0.05, 0.1) is 0 Å². The molecule has 0 atom stereocenters. The Morgan fingerprint density at radius 2 is 1.25 bits per heavy atom. The highest BCUT2D eigenvalue weighted by Crippen LogP contribution is 2.02. The van der Waals surface area contributed by atoms with E-state index in [2.05, 4.69) is 47.0 Å². The third-order valence-corrected chi connectivity index (χ3v) is 4.01. The number of aromatic nitrogens is 1. The molecule has 0 amide bonds. The monoisotopic (exact) mass is 329 g/mol. The van der Waals surface area contributed by atoms with E-state index in [9.17, 15) is 0 Å². The first kappa shape index (κ1) is 20.5. The van der Waals surface area contributed by atoms with Crippen LogP contribution in [0.5, 0.6) is 0 Å². The lowest BCUT2D eigenvalue weighted by atomic mass is 10.2. The SMILES string of the molecule is CCCCCCN=CCc1cccc(CC=NCCCCCC)n1. The van der Waals surface area contributed by atoms with Gasteiger partial charge in [0.2, 0.25) is 0 Å². The molecule has 0 radical (unpaired) electrons. The van der Waals surface area contributed by atoms with Gasteiger partial charge >= 0.3 is 0 Å². The van der Waals surface area contributed by atoms with Crippen molar-refractivity contribution in [2.24, 2.45) is 9.98 Å². The van der Waals surface area contributed by atoms with Gasteiger partial charge in [-0.2, -0.15) is 0 Å². The van der Waals surface area contributed by atoms with Crippen LogP contribution >= 0.6 is 0 Å². The van der Waals surface area contributed by atoms with E-state index in [1.165, 1.54) is 51.4 Å². The third-order valence-electron chi connectivity index (χ3n) is 4.01. The average molecular weight is 330 g/mol. The second-order valence-corrected chi connectivity index (χ2v) is 6.33. The molecule has 0 spiro atoms. The quantitative estimate of drug-likeness (QED) is 0.329. The molecule has 0 N–H and O–H groups in total. The summed E-state index contributed by atoms with van der Waals surface area (Å²) in [6.07, 6.45) is 15.9. The number of pyridine rings is 1. The lowest BCUT2D eigenvalue weighted by molar-refractivity contribution is 0.675. The van der Waals surface area contributed by atoms with E-state index in [4.69, 9.17) is 0 Å². The molecule has 0 saturated carbocycles. The van der Waals surface area contributed by atoms with Crippen LogP contribution in [-0.4, -0.2) is 30.5 Å². The van der Waals surface area contributed by atoms with Crippen molar-refractivity contribution in [3.8, 4) is 0 Å². The van der Waals surface area contributed by atoms with E-state index in [-0.39, 0.29) is 0 Å². The summed E-state index contributed by atoms with van der Waals surface area (Å²) in [4.78, 5) is 13.7. The molecule has 3 heteroatoms. The molecule has 3 nitrogen and oxygen atoms in total. The molecule has 24 heavy (non-hydrogen) atoms. The van der Waals surface area contributed by atoms with Gasteiger partial charge in [-0.05, 0) is 25.0 Å². The molecule has 1 aromatic rings. The number of nitrogens with zero attached hydrogens (tertiary/aromatic N) is 3. The van der Waals surface area contributed by atoms with E-state index in [0.717, 1.165) is 37.3 Å². The Balaban J connectivity index is 2.23. The molecule has 1 heterocycles. The Bertz CT molecular complexity index is 427. The fraction of sp³-hybridized carbons (Fsp3) is 0.667. The van der Waals surface area contributed by atoms with E-state index in [0.29, 0.717) is 0 Å². The van der Waals surface area contributed by atoms with Gasteiger partial charge in [0.1, 0.15) is 0 Å². The van der Waals surface area contributed by atoms with Crippen LogP contribution in [0.1, 0.15) is 76.6 Å². The van der Waals surface area contributed by atoms with Crippen LogP contribution in [0.25, 0.3) is 0 Å². The number of rotatable bonds is 14. The van der Waals surface area contributed by atoms with Crippen molar-refractivity contribution < 1.29 is 0 Å². The van der Waals surface area contributed by atoms with Crippen LogP contribution in [0.2, 0.25) is 0 Å². The smallest absolute Gasteiger partial charge is 0.0460 e. The molecular formula is C21H35N3. The van der Waals surface area contributed by atoms with E-state index >= 15 is 0 Å². The molecule has 0 saturated heterocycles. The fourth-order valence-corrected chi connectivity index (χ4v) is 2.52. The Morgan fingerprint density at radius 3 is 1.71 bits per heavy atom. The van der Waals surface area contributed by atoms with Crippen LogP contribution in [0.3, 0.4) is 0 Å². The van der Waals surface area contributed by atoms with Crippen molar-refractivity contribution in [2.75, 3.05) is 13.1 Å². The normalized spacial score (nSPS) is 11.8. The first-order valence-electron chi connectivity index (χ1n) is 9.78. The lowest BCUT2D eigenvalue weighted by Gasteiger charge is -2.00. The molecule has 0 aromatic carbocycles. The number of aliphatic imine (C=N–C) groups is 2. The van der Waals surface area contributed by atoms with Gasteiger partial charge in [0.15, 0.2) is 0 Å². The van der Waals surface area contributed by atoms with Crippen LogP contribution in [0.15, 0.2) is 28.2 Å². The van der Waals surface area contributed by atoms with Gasteiger partial charge < -0.3 is 0 Å². The maximum absolute atomic E-state index is 4.68. The summed E-state index contributed by atoms with van der Waals surface area (Å²) < 4.78 is 0. The van der Waals surface area contributed by atoms with Crippen molar-refractivity contribution in [2.45, 2.75) is 78.1 Å². The first-order chi connectivity index (χ1) is 11.9. The van der Waals surface area contributed by atoms with Gasteiger partial charge in [-0.3, -0.25) is 15.0 Å². The van der Waals surface area contributed by atoms with Gasteiger partial charge in [-0.25, -0.2) is 0 Å². The maximum Gasteiger partial charge on any atom is 0.0460 e. The summed E-state index contributed by atoms with van der Waals surface area (Å²) in [7, 11) is 0. The zero-order valence-corrected chi connectivity index (χ0v) is 15.7. The van der Waals surface area contributed by atoms with Crippen LogP contribution in [0, 0.1) is 0 Å². The Hall–Kier alpha value is -1.51. The molecule has 0 fully saturated rings. The average Bonchev–Trinajstić information content (AvgIpc) is 2.60. The third kappa shape index (κ3) is 11.1. The van der Waals surface area contributed by atoms with E-state index < -0.39 is 0 Å². The number of unbranched alkanes of at least 4 members (excludes halogenated alkanes) is 6. The molecule has 134 valence electrons. The molecule has 0 bridgehead atoms. The Labute approximate surface area is 148 Å². The second-order valence-electron chi connectivity index (χ2n) is 6.33. The zero-order chi connectivity index (χ0) is 17.3. The largest absolute Gasteiger partial charge is 0.297 e. The van der Waals surface area contributed by atoms with E-state index in [1.54, 1.807) is 0 Å². The van der Waals surface area contributed by atoms with E-state index in [1.807, 2.05) is 12.4 Å². The molecular weight excluding hydrogens is 294 g/mol. The summed E-state index contributed by atoms with van der Waals surface area (Å²) in [5, 5.41) is 0. The van der Waals surface area contributed by atoms with Crippen molar-refractivity contribution >= 4 is 12.4 Å². The van der Waals surface area contributed by atoms with Crippen molar-refractivity contribution in [1.82, 2.24) is 4.98 Å². The van der Waals surface area contributed by atoms with Gasteiger partial charge in [-0.15, -0.1) is 0 Å². The maximum atomic E-state index is 4.68. The highest BCUT2D eigenvalue weighted by Gasteiger charge is 1.96. The highest BCUT2D eigenvalue weighted by atomic mass is 14.7. The summed E-state index contributed by atoms with van der Waals surface area (Å²) in [6.45, 7) is 6.37. The minimum absolute atomic E-state index is 0.829. The standard InChI is InChI=1S/C21H35N3/c1-3-5-7-9-16-22-18-14-20-12-11-13-21(24-20)15-19-23-17-10-8-6-4-2/h11-13,18-19H,3-10,14-17H2,1-2H3. The van der Waals surface area contributed by atoms with Crippen molar-refractivity contribution in [1.29, 1.82) is 0 Å². The first-order valence-corrected chi connectivity index (χ1v) is 9.78. The number of hydrogen-bond donors (Lipinski definition) is 0. The molecule has 1 rings (SSSR count). The Kier molecular flexibility index (Phi) is 12.9. The minimum Gasteiger partial charge on any atom is -0.297 e.